The Bertz CT molecular complexity index is 831. The van der Waals surface area contributed by atoms with E-state index in [2.05, 4.69) is 0 Å². The molecule has 0 radical (unpaired) electrons. The summed E-state index contributed by atoms with van der Waals surface area (Å²) in [7, 11) is 1.53. The minimum atomic E-state index is -0.385. The third kappa shape index (κ3) is 4.74. The first kappa shape index (κ1) is 17.3. The molecule has 2 aromatic rings. The van der Waals surface area contributed by atoms with Crippen LogP contribution >= 0.6 is 0 Å². The number of methoxy groups -OCH3 is 1. The second-order valence-corrected chi connectivity index (χ2v) is 5.09. The maximum Gasteiger partial charge on any atom is 0.342 e. The van der Waals surface area contributed by atoms with Gasteiger partial charge >= 0.3 is 5.63 Å². The predicted octanol–water partition coefficient (Wildman–Crippen LogP) is 4.78. The van der Waals surface area contributed by atoms with E-state index in [-0.39, 0.29) is 5.63 Å². The highest BCUT2D eigenvalue weighted by molar-refractivity contribution is 5.62. The van der Waals surface area contributed by atoms with Crippen molar-refractivity contribution in [2.75, 3.05) is 7.11 Å². The Labute approximate surface area is 141 Å². The average Bonchev–Trinajstić information content (AvgIpc) is 3.09. The monoisotopic (exact) mass is 324 g/mol. The highest BCUT2D eigenvalue weighted by atomic mass is 16.5. The molecule has 0 aliphatic rings. The molecule has 0 aliphatic heterocycles. The first-order valence-corrected chi connectivity index (χ1v) is 7.52. The lowest BCUT2D eigenvalue weighted by Crippen LogP contribution is -2.06. The number of furan rings is 1. The van der Waals surface area contributed by atoms with Crippen LogP contribution in [0.5, 0.6) is 5.75 Å². The summed E-state index contributed by atoms with van der Waals surface area (Å²) in [5, 5.41) is 0. The van der Waals surface area contributed by atoms with E-state index in [0.29, 0.717) is 17.1 Å². The number of rotatable bonds is 6. The normalized spacial score (nSPS) is 12.7. The first-order chi connectivity index (χ1) is 11.6. The van der Waals surface area contributed by atoms with Crippen molar-refractivity contribution in [3.8, 4) is 5.75 Å². The zero-order valence-electron chi connectivity index (χ0n) is 14.0. The Hall–Kier alpha value is -3.01. The van der Waals surface area contributed by atoms with Gasteiger partial charge in [-0.3, -0.25) is 0 Å². The molecule has 124 valence electrons. The van der Waals surface area contributed by atoms with Gasteiger partial charge in [0, 0.05) is 6.07 Å². The summed E-state index contributed by atoms with van der Waals surface area (Å²) >= 11 is 0. The fourth-order valence-corrected chi connectivity index (χ4v) is 1.95. The van der Waals surface area contributed by atoms with Crippen LogP contribution in [0, 0.1) is 6.92 Å². The zero-order valence-corrected chi connectivity index (χ0v) is 14.0. The molecule has 0 aromatic carbocycles. The van der Waals surface area contributed by atoms with Crippen molar-refractivity contribution in [1.29, 1.82) is 0 Å². The van der Waals surface area contributed by atoms with E-state index >= 15 is 0 Å². The van der Waals surface area contributed by atoms with Crippen molar-refractivity contribution < 1.29 is 13.6 Å². The van der Waals surface area contributed by atoms with Crippen molar-refractivity contribution >= 4 is 11.6 Å². The molecule has 0 fully saturated rings. The summed E-state index contributed by atoms with van der Waals surface area (Å²) in [5.74, 6) is 1.83. The van der Waals surface area contributed by atoms with Crippen LogP contribution in [0.15, 0.2) is 74.5 Å². The molecule has 0 saturated carbocycles. The second kappa shape index (κ2) is 8.58. The molecule has 2 rings (SSSR count). The van der Waals surface area contributed by atoms with Crippen LogP contribution in [0.2, 0.25) is 0 Å². The fraction of sp³-hybridized carbons (Fsp3) is 0.150. The van der Waals surface area contributed by atoms with Crippen LogP contribution in [-0.4, -0.2) is 7.11 Å². The van der Waals surface area contributed by atoms with E-state index in [0.717, 1.165) is 11.3 Å². The molecule has 24 heavy (non-hydrogen) atoms. The average molecular weight is 324 g/mol. The van der Waals surface area contributed by atoms with E-state index < -0.39 is 0 Å². The van der Waals surface area contributed by atoms with Crippen molar-refractivity contribution in [2.45, 2.75) is 13.8 Å². The largest absolute Gasteiger partial charge is 0.496 e. The van der Waals surface area contributed by atoms with Gasteiger partial charge < -0.3 is 13.6 Å². The quantitative estimate of drug-likeness (QED) is 0.718. The van der Waals surface area contributed by atoms with Gasteiger partial charge in [0.05, 0.1) is 18.9 Å². The Kier molecular flexibility index (Phi) is 6.20. The molecular formula is C20H20O4. The highest BCUT2D eigenvalue weighted by Gasteiger charge is 2.08. The molecule has 2 heterocycles. The molecule has 0 bridgehead atoms. The predicted molar refractivity (Wildman–Crippen MR) is 95.9 cm³/mol. The van der Waals surface area contributed by atoms with Gasteiger partial charge in [-0.15, -0.1) is 0 Å². The van der Waals surface area contributed by atoms with Gasteiger partial charge in [0.25, 0.3) is 0 Å². The van der Waals surface area contributed by atoms with Gasteiger partial charge in [-0.2, -0.15) is 0 Å². The summed E-state index contributed by atoms with van der Waals surface area (Å²) in [6.45, 7) is 3.55. The van der Waals surface area contributed by atoms with Crippen LogP contribution in [0.3, 0.4) is 0 Å². The Balaban J connectivity index is 2.01. The first-order valence-electron chi connectivity index (χ1n) is 7.52. The standard InChI is InChI=1S/C20H20O4/c1-15(18-14-19(22-3)16(2)20(21)24-18)10-7-5-4-6-8-11-17-12-9-13-23-17/h4-14H,1-3H3. The fourth-order valence-electron chi connectivity index (χ4n) is 1.95. The van der Waals surface area contributed by atoms with Crippen molar-refractivity contribution in [1.82, 2.24) is 0 Å². The lowest BCUT2D eigenvalue weighted by atomic mass is 10.1. The summed E-state index contributed by atoms with van der Waals surface area (Å²) in [6, 6.07) is 5.45. The van der Waals surface area contributed by atoms with E-state index in [1.807, 2.05) is 61.6 Å². The van der Waals surface area contributed by atoms with E-state index in [1.165, 1.54) is 7.11 Å². The van der Waals surface area contributed by atoms with Gasteiger partial charge in [0.1, 0.15) is 17.3 Å². The minimum Gasteiger partial charge on any atom is -0.496 e. The lowest BCUT2D eigenvalue weighted by Gasteiger charge is -2.05. The van der Waals surface area contributed by atoms with Crippen molar-refractivity contribution in [2.24, 2.45) is 0 Å². The summed E-state index contributed by atoms with van der Waals surface area (Å²) in [6.07, 6.45) is 14.8. The molecule has 0 N–H and O–H groups in total. The van der Waals surface area contributed by atoms with Gasteiger partial charge in [0.2, 0.25) is 0 Å². The molecule has 4 heteroatoms. The Morgan fingerprint density at radius 2 is 1.92 bits per heavy atom. The molecule has 0 amide bonds. The van der Waals surface area contributed by atoms with Gasteiger partial charge in [0.15, 0.2) is 0 Å². The van der Waals surface area contributed by atoms with Crippen LogP contribution < -0.4 is 10.4 Å². The van der Waals surface area contributed by atoms with E-state index in [9.17, 15) is 4.79 Å². The smallest absolute Gasteiger partial charge is 0.342 e. The molecule has 0 spiro atoms. The molecule has 0 atom stereocenters. The second-order valence-electron chi connectivity index (χ2n) is 5.09. The molecule has 2 aromatic heterocycles. The van der Waals surface area contributed by atoms with E-state index in [1.54, 1.807) is 19.3 Å². The van der Waals surface area contributed by atoms with Crippen molar-refractivity contribution in [3.63, 3.8) is 0 Å². The maximum absolute atomic E-state index is 11.8. The molecule has 0 unspecified atom stereocenters. The molecule has 0 aliphatic carbocycles. The van der Waals surface area contributed by atoms with Gasteiger partial charge in [-0.1, -0.05) is 36.5 Å². The number of allylic oxidation sites excluding steroid dienone is 7. The summed E-state index contributed by atoms with van der Waals surface area (Å²) < 4.78 is 15.6. The molecule has 0 saturated heterocycles. The van der Waals surface area contributed by atoms with Crippen molar-refractivity contribution in [3.05, 3.63) is 88.4 Å². The van der Waals surface area contributed by atoms with Gasteiger partial charge in [-0.05, 0) is 37.6 Å². The summed E-state index contributed by atoms with van der Waals surface area (Å²) in [5.41, 5.74) is 0.918. The van der Waals surface area contributed by atoms with Crippen LogP contribution in [-0.2, 0) is 0 Å². The topological polar surface area (TPSA) is 52.6 Å². The Morgan fingerprint density at radius 3 is 2.62 bits per heavy atom. The van der Waals surface area contributed by atoms with Crippen LogP contribution in [0.1, 0.15) is 24.0 Å². The van der Waals surface area contributed by atoms with Crippen LogP contribution in [0.25, 0.3) is 11.6 Å². The minimum absolute atomic E-state index is 0.385. The Morgan fingerprint density at radius 1 is 1.17 bits per heavy atom. The SMILES string of the molecule is COc1cc(C(C)=CC=CC=CC=Cc2ccco2)oc(=O)c1C. The third-order valence-corrected chi connectivity index (χ3v) is 3.34. The third-order valence-electron chi connectivity index (χ3n) is 3.34. The van der Waals surface area contributed by atoms with Crippen LogP contribution in [0.4, 0.5) is 0 Å². The molecule has 4 nitrogen and oxygen atoms in total. The maximum atomic E-state index is 11.8. The molecular weight excluding hydrogens is 304 g/mol. The highest BCUT2D eigenvalue weighted by Crippen LogP contribution is 2.20. The van der Waals surface area contributed by atoms with E-state index in [4.69, 9.17) is 13.6 Å². The zero-order chi connectivity index (χ0) is 17.4. The number of hydrogen-bond donors (Lipinski definition) is 0. The summed E-state index contributed by atoms with van der Waals surface area (Å²) in [4.78, 5) is 11.8. The number of hydrogen-bond acceptors (Lipinski definition) is 4. The lowest BCUT2D eigenvalue weighted by molar-refractivity contribution is 0.395. The van der Waals surface area contributed by atoms with Gasteiger partial charge in [-0.25, -0.2) is 4.79 Å². The number of ether oxygens (including phenoxy) is 1.